The topological polar surface area (TPSA) is 114 Å². The number of nitrogens with one attached hydrogen (secondary N) is 1. The Hall–Kier alpha value is -3.94. The highest BCUT2D eigenvalue weighted by atomic mass is 16.7. The van der Waals surface area contributed by atoms with Gasteiger partial charge in [0.2, 0.25) is 12.7 Å². The Kier molecular flexibility index (Phi) is 3.57. The first kappa shape index (κ1) is 17.2. The minimum atomic E-state index is -0.534. The number of amides is 1. The minimum absolute atomic E-state index is 0.0150. The van der Waals surface area contributed by atoms with Gasteiger partial charge in [-0.1, -0.05) is 6.07 Å². The van der Waals surface area contributed by atoms with Crippen molar-refractivity contribution in [1.29, 1.82) is 0 Å². The molecule has 2 aliphatic rings. The van der Waals surface area contributed by atoms with Gasteiger partial charge in [0.25, 0.3) is 0 Å². The molecule has 0 radical (unpaired) electrons. The summed E-state index contributed by atoms with van der Waals surface area (Å²) >= 11 is 0. The highest BCUT2D eigenvalue weighted by molar-refractivity contribution is 6.17. The monoisotopic (exact) mass is 393 g/mol. The number of hydrogen-bond acceptors (Lipinski definition) is 7. The summed E-state index contributed by atoms with van der Waals surface area (Å²) in [5.74, 6) is -0.437. The maximum atomic E-state index is 12.6. The van der Waals surface area contributed by atoms with E-state index in [1.165, 1.54) is 19.1 Å². The first-order chi connectivity index (χ1) is 13.9. The van der Waals surface area contributed by atoms with Crippen LogP contribution in [0.4, 0.5) is 5.69 Å². The van der Waals surface area contributed by atoms with Crippen LogP contribution in [0.25, 0.3) is 21.9 Å². The number of cyclic esters (lactones) is 1. The molecule has 3 N–H and O–H groups in total. The minimum Gasteiger partial charge on any atom is -0.504 e. The second-order valence-electron chi connectivity index (χ2n) is 6.82. The predicted molar refractivity (Wildman–Crippen MR) is 102 cm³/mol. The molecule has 0 aromatic heterocycles. The lowest BCUT2D eigenvalue weighted by atomic mass is 9.88. The Morgan fingerprint density at radius 3 is 2.45 bits per heavy atom. The lowest BCUT2D eigenvalue weighted by molar-refractivity contribution is -0.114. The van der Waals surface area contributed by atoms with Crippen molar-refractivity contribution in [2.24, 2.45) is 0 Å². The third kappa shape index (κ3) is 2.53. The Balaban J connectivity index is 1.91. The number of carbonyl (C=O) groups excluding carboxylic acids is 2. The van der Waals surface area contributed by atoms with E-state index in [0.717, 1.165) is 0 Å². The molecule has 0 atom stereocenters. The van der Waals surface area contributed by atoms with Crippen LogP contribution in [0.3, 0.4) is 0 Å². The lowest BCUT2D eigenvalue weighted by Gasteiger charge is -2.17. The molecule has 0 saturated heterocycles. The quantitative estimate of drug-likeness (QED) is 0.452. The van der Waals surface area contributed by atoms with Crippen molar-refractivity contribution < 1.29 is 34.0 Å². The van der Waals surface area contributed by atoms with Gasteiger partial charge in [-0.2, -0.15) is 0 Å². The summed E-state index contributed by atoms with van der Waals surface area (Å²) in [5, 5.41) is 23.9. The predicted octanol–water partition coefficient (Wildman–Crippen LogP) is 3.28. The van der Waals surface area contributed by atoms with Crippen LogP contribution in [0, 0.1) is 0 Å². The molecule has 29 heavy (non-hydrogen) atoms. The van der Waals surface area contributed by atoms with Crippen LogP contribution >= 0.6 is 0 Å². The summed E-state index contributed by atoms with van der Waals surface area (Å²) in [5.41, 5.74) is 2.34. The zero-order valence-electron chi connectivity index (χ0n) is 15.2. The van der Waals surface area contributed by atoms with E-state index in [1.54, 1.807) is 18.2 Å². The first-order valence-corrected chi connectivity index (χ1v) is 8.83. The maximum absolute atomic E-state index is 12.6. The molecule has 0 fully saturated rings. The summed E-state index contributed by atoms with van der Waals surface area (Å²) in [6, 6.07) is 7.97. The van der Waals surface area contributed by atoms with E-state index in [9.17, 15) is 19.8 Å². The van der Waals surface area contributed by atoms with Gasteiger partial charge in [0.15, 0.2) is 23.0 Å². The van der Waals surface area contributed by atoms with Gasteiger partial charge in [-0.05, 0) is 35.2 Å². The summed E-state index contributed by atoms with van der Waals surface area (Å²) in [4.78, 5) is 24.4. The Morgan fingerprint density at radius 2 is 1.69 bits per heavy atom. The zero-order valence-corrected chi connectivity index (χ0v) is 15.2. The second-order valence-corrected chi connectivity index (χ2v) is 6.82. The van der Waals surface area contributed by atoms with Crippen molar-refractivity contribution in [3.05, 3.63) is 41.5 Å². The molecule has 0 unspecified atom stereocenters. The molecule has 3 aromatic rings. The third-order valence-corrected chi connectivity index (χ3v) is 5.02. The highest BCUT2D eigenvalue weighted by Gasteiger charge is 2.32. The van der Waals surface area contributed by atoms with Crippen LogP contribution in [-0.4, -0.2) is 28.9 Å². The fourth-order valence-electron chi connectivity index (χ4n) is 3.81. The number of esters is 1. The molecule has 2 heterocycles. The van der Waals surface area contributed by atoms with E-state index in [-0.39, 0.29) is 30.8 Å². The number of ether oxygens (including phenoxy) is 3. The summed E-state index contributed by atoms with van der Waals surface area (Å²) in [6.07, 6.45) is 0. The van der Waals surface area contributed by atoms with E-state index in [0.29, 0.717) is 50.2 Å². The fourth-order valence-corrected chi connectivity index (χ4v) is 3.81. The van der Waals surface area contributed by atoms with Crippen molar-refractivity contribution in [1.82, 2.24) is 0 Å². The largest absolute Gasteiger partial charge is 0.504 e. The first-order valence-electron chi connectivity index (χ1n) is 8.83. The van der Waals surface area contributed by atoms with Crippen molar-refractivity contribution in [2.45, 2.75) is 13.5 Å². The molecule has 146 valence electrons. The number of fused-ring (bicyclic) bond motifs is 3. The molecule has 8 heteroatoms. The zero-order chi connectivity index (χ0) is 20.3. The van der Waals surface area contributed by atoms with Crippen LogP contribution in [0.15, 0.2) is 30.3 Å². The van der Waals surface area contributed by atoms with Crippen molar-refractivity contribution in [2.75, 3.05) is 12.1 Å². The molecule has 0 aliphatic carbocycles. The summed E-state index contributed by atoms with van der Waals surface area (Å²) in [6.45, 7) is 1.44. The fraction of sp³-hybridized carbons (Fsp3) is 0.143. The van der Waals surface area contributed by atoms with E-state index in [1.807, 2.05) is 0 Å². The van der Waals surface area contributed by atoms with E-state index in [2.05, 4.69) is 5.32 Å². The van der Waals surface area contributed by atoms with Crippen molar-refractivity contribution >= 4 is 28.3 Å². The molecular weight excluding hydrogens is 378 g/mol. The number of anilines is 1. The summed E-state index contributed by atoms with van der Waals surface area (Å²) < 4.78 is 16.1. The SMILES string of the molecule is CC(=O)Nc1c2c(c(-c3ccc4c(c3)OCO4)c3cc(O)c(O)cc13)C(=O)OC2. The van der Waals surface area contributed by atoms with Gasteiger partial charge in [-0.15, -0.1) is 0 Å². The Morgan fingerprint density at radius 1 is 0.966 bits per heavy atom. The molecule has 2 aliphatic heterocycles. The molecular formula is C21H15NO7. The molecule has 0 spiro atoms. The third-order valence-electron chi connectivity index (χ3n) is 5.02. The molecule has 1 amide bonds. The van der Waals surface area contributed by atoms with Crippen LogP contribution in [-0.2, 0) is 16.1 Å². The normalized spacial score (nSPS) is 14.0. The Labute approximate surface area is 164 Å². The Bertz CT molecular complexity index is 1230. The molecule has 0 bridgehead atoms. The van der Waals surface area contributed by atoms with Crippen molar-refractivity contribution in [3.63, 3.8) is 0 Å². The highest BCUT2D eigenvalue weighted by Crippen LogP contribution is 2.47. The average Bonchev–Trinajstić information content (AvgIpc) is 3.29. The maximum Gasteiger partial charge on any atom is 0.339 e. The van der Waals surface area contributed by atoms with Crippen molar-refractivity contribution in [3.8, 4) is 34.1 Å². The van der Waals surface area contributed by atoms with Crippen LogP contribution in [0.2, 0.25) is 0 Å². The number of aromatic hydroxyl groups is 2. The summed E-state index contributed by atoms with van der Waals surface area (Å²) in [7, 11) is 0. The van der Waals surface area contributed by atoms with Gasteiger partial charge >= 0.3 is 5.97 Å². The standard InChI is InChI=1S/C21H15NO7/c1-9(23)22-20-12-6-15(25)14(24)5-11(12)18(19-13(20)7-27-21(19)26)10-2-3-16-17(4-10)29-8-28-16/h2-6,24-25H,7-8H2,1H3,(H,22,23). The van der Waals surface area contributed by atoms with E-state index >= 15 is 0 Å². The number of benzene rings is 3. The molecule has 5 rings (SSSR count). The second kappa shape index (κ2) is 6.03. The van der Waals surface area contributed by atoms with Gasteiger partial charge < -0.3 is 29.7 Å². The van der Waals surface area contributed by atoms with Gasteiger partial charge in [0.05, 0.1) is 11.3 Å². The van der Waals surface area contributed by atoms with Gasteiger partial charge in [0, 0.05) is 23.4 Å². The number of rotatable bonds is 2. The van der Waals surface area contributed by atoms with Gasteiger partial charge in [0.1, 0.15) is 6.61 Å². The van der Waals surface area contributed by atoms with E-state index < -0.39 is 5.97 Å². The smallest absolute Gasteiger partial charge is 0.339 e. The number of carbonyl (C=O) groups is 2. The number of phenolic OH excluding ortho intramolecular Hbond substituents is 2. The van der Waals surface area contributed by atoms with Gasteiger partial charge in [-0.25, -0.2) is 4.79 Å². The average molecular weight is 393 g/mol. The number of phenols is 2. The molecule has 3 aromatic carbocycles. The van der Waals surface area contributed by atoms with Crippen LogP contribution in [0.1, 0.15) is 22.8 Å². The van der Waals surface area contributed by atoms with E-state index in [4.69, 9.17) is 14.2 Å². The van der Waals surface area contributed by atoms with Crippen LogP contribution < -0.4 is 14.8 Å². The number of hydrogen-bond donors (Lipinski definition) is 3. The molecule has 8 nitrogen and oxygen atoms in total. The van der Waals surface area contributed by atoms with Gasteiger partial charge in [-0.3, -0.25) is 4.79 Å². The lowest BCUT2D eigenvalue weighted by Crippen LogP contribution is -2.10. The molecule has 0 saturated carbocycles. The van der Waals surface area contributed by atoms with Crippen LogP contribution in [0.5, 0.6) is 23.0 Å².